The van der Waals surface area contributed by atoms with E-state index in [4.69, 9.17) is 0 Å². The molecule has 1 amide bonds. The predicted molar refractivity (Wildman–Crippen MR) is 87.3 cm³/mol. The lowest BCUT2D eigenvalue weighted by atomic mass is 10.2. The molecule has 0 atom stereocenters. The van der Waals surface area contributed by atoms with Crippen molar-refractivity contribution in [3.05, 3.63) is 52.2 Å². The van der Waals surface area contributed by atoms with Gasteiger partial charge in [-0.3, -0.25) is 4.79 Å². The van der Waals surface area contributed by atoms with Crippen LogP contribution in [-0.2, 0) is 0 Å². The van der Waals surface area contributed by atoms with Gasteiger partial charge in [-0.1, -0.05) is 18.2 Å². The molecule has 108 valence electrons. The van der Waals surface area contributed by atoms with E-state index in [1.807, 2.05) is 23.6 Å². The molecule has 2 aromatic rings. The molecule has 21 heavy (non-hydrogen) atoms. The highest BCUT2D eigenvalue weighted by atomic mass is 32.1. The molecule has 1 aromatic heterocycles. The number of anilines is 1. The lowest BCUT2D eigenvalue weighted by molar-refractivity contribution is 0.0959. The first-order valence-electron chi connectivity index (χ1n) is 7.05. The summed E-state index contributed by atoms with van der Waals surface area (Å²) in [6, 6.07) is 11.9. The first-order chi connectivity index (χ1) is 10.3. The van der Waals surface area contributed by atoms with Gasteiger partial charge in [-0.05, 0) is 42.0 Å². The van der Waals surface area contributed by atoms with Crippen LogP contribution in [0.5, 0.6) is 0 Å². The van der Waals surface area contributed by atoms with Crippen molar-refractivity contribution in [3.8, 4) is 0 Å². The fourth-order valence-electron chi connectivity index (χ4n) is 2.37. The number of benzene rings is 1. The largest absolute Gasteiger partial charge is 0.372 e. The summed E-state index contributed by atoms with van der Waals surface area (Å²) >= 11 is 1.40. The van der Waals surface area contributed by atoms with Crippen LogP contribution >= 0.6 is 11.3 Å². The molecule has 1 fully saturated rings. The van der Waals surface area contributed by atoms with E-state index >= 15 is 0 Å². The molecule has 3 rings (SSSR count). The average Bonchev–Trinajstić information content (AvgIpc) is 3.21. The van der Waals surface area contributed by atoms with Crippen LogP contribution < -0.4 is 10.3 Å². The molecule has 4 nitrogen and oxygen atoms in total. The first kappa shape index (κ1) is 13.8. The molecule has 0 unspecified atom stereocenters. The van der Waals surface area contributed by atoms with Crippen molar-refractivity contribution in [2.24, 2.45) is 5.10 Å². The van der Waals surface area contributed by atoms with Gasteiger partial charge < -0.3 is 4.90 Å². The maximum atomic E-state index is 11.7. The van der Waals surface area contributed by atoms with E-state index in [0.717, 1.165) is 18.7 Å². The van der Waals surface area contributed by atoms with Crippen LogP contribution in [0.25, 0.3) is 0 Å². The number of thiophene rings is 1. The summed E-state index contributed by atoms with van der Waals surface area (Å²) in [5, 5.41) is 5.86. The zero-order chi connectivity index (χ0) is 14.5. The zero-order valence-electron chi connectivity index (χ0n) is 11.7. The Kier molecular flexibility index (Phi) is 4.31. The zero-order valence-corrected chi connectivity index (χ0v) is 12.5. The van der Waals surface area contributed by atoms with Crippen LogP contribution in [0.2, 0.25) is 0 Å². The van der Waals surface area contributed by atoms with Gasteiger partial charge >= 0.3 is 0 Å². The van der Waals surface area contributed by atoms with Crippen LogP contribution in [0.3, 0.4) is 0 Å². The highest BCUT2D eigenvalue weighted by molar-refractivity contribution is 7.12. The van der Waals surface area contributed by atoms with E-state index < -0.39 is 0 Å². The van der Waals surface area contributed by atoms with Crippen molar-refractivity contribution in [2.45, 2.75) is 12.8 Å². The Morgan fingerprint density at radius 2 is 1.95 bits per heavy atom. The SMILES string of the molecule is O=C(N/N=C\c1ccc(N2CCCC2)cc1)c1cccs1. The highest BCUT2D eigenvalue weighted by Crippen LogP contribution is 2.19. The Labute approximate surface area is 128 Å². The number of hydrogen-bond acceptors (Lipinski definition) is 4. The molecule has 0 aliphatic carbocycles. The quantitative estimate of drug-likeness (QED) is 0.696. The Morgan fingerprint density at radius 3 is 2.62 bits per heavy atom. The maximum absolute atomic E-state index is 11.7. The number of hydrogen-bond donors (Lipinski definition) is 1. The van der Waals surface area contributed by atoms with Crippen LogP contribution in [-0.4, -0.2) is 25.2 Å². The Bertz CT molecular complexity index is 613. The van der Waals surface area contributed by atoms with E-state index in [1.54, 1.807) is 12.3 Å². The molecule has 1 N–H and O–H groups in total. The van der Waals surface area contributed by atoms with E-state index in [0.29, 0.717) is 4.88 Å². The van der Waals surface area contributed by atoms with Crippen molar-refractivity contribution in [1.82, 2.24) is 5.43 Å². The number of rotatable bonds is 4. The molecule has 0 spiro atoms. The monoisotopic (exact) mass is 299 g/mol. The van der Waals surface area contributed by atoms with Gasteiger partial charge in [0.2, 0.25) is 0 Å². The van der Waals surface area contributed by atoms with Crippen molar-refractivity contribution < 1.29 is 4.79 Å². The van der Waals surface area contributed by atoms with Crippen LogP contribution in [0, 0.1) is 0 Å². The number of amides is 1. The van der Waals surface area contributed by atoms with Gasteiger partial charge in [-0.15, -0.1) is 11.3 Å². The Balaban J connectivity index is 1.57. The molecule has 0 saturated carbocycles. The molecule has 0 bridgehead atoms. The topological polar surface area (TPSA) is 44.7 Å². The fraction of sp³-hybridized carbons (Fsp3) is 0.250. The summed E-state index contributed by atoms with van der Waals surface area (Å²) in [4.78, 5) is 14.8. The number of carbonyl (C=O) groups is 1. The van der Waals surface area contributed by atoms with Gasteiger partial charge in [-0.2, -0.15) is 5.10 Å². The molecule has 2 heterocycles. The molecular weight excluding hydrogens is 282 g/mol. The van der Waals surface area contributed by atoms with E-state index in [1.165, 1.54) is 29.9 Å². The maximum Gasteiger partial charge on any atom is 0.281 e. The molecule has 1 aliphatic heterocycles. The van der Waals surface area contributed by atoms with Gasteiger partial charge in [0.1, 0.15) is 0 Å². The minimum absolute atomic E-state index is 0.171. The minimum Gasteiger partial charge on any atom is -0.372 e. The number of carbonyl (C=O) groups excluding carboxylic acids is 1. The first-order valence-corrected chi connectivity index (χ1v) is 7.93. The second kappa shape index (κ2) is 6.54. The van der Waals surface area contributed by atoms with Gasteiger partial charge in [0.25, 0.3) is 5.91 Å². The normalized spacial score (nSPS) is 14.8. The van der Waals surface area contributed by atoms with Crippen LogP contribution in [0.1, 0.15) is 28.1 Å². The number of hydrazone groups is 1. The number of nitrogens with zero attached hydrogens (tertiary/aromatic N) is 2. The summed E-state index contributed by atoms with van der Waals surface area (Å²) in [6.45, 7) is 2.29. The van der Waals surface area contributed by atoms with E-state index in [9.17, 15) is 4.79 Å². The smallest absolute Gasteiger partial charge is 0.281 e. The minimum atomic E-state index is -0.171. The van der Waals surface area contributed by atoms with Crippen LogP contribution in [0.15, 0.2) is 46.9 Å². The third kappa shape index (κ3) is 3.49. The number of nitrogens with one attached hydrogen (secondary N) is 1. The van der Waals surface area contributed by atoms with Crippen molar-refractivity contribution in [3.63, 3.8) is 0 Å². The summed E-state index contributed by atoms with van der Waals surface area (Å²) in [5.41, 5.74) is 4.77. The van der Waals surface area contributed by atoms with Gasteiger partial charge in [0, 0.05) is 18.8 Å². The molecule has 1 aromatic carbocycles. The van der Waals surface area contributed by atoms with E-state index in [2.05, 4.69) is 27.6 Å². The van der Waals surface area contributed by atoms with Crippen LogP contribution in [0.4, 0.5) is 5.69 Å². The third-order valence-electron chi connectivity index (χ3n) is 3.49. The van der Waals surface area contributed by atoms with Crippen molar-refractivity contribution in [1.29, 1.82) is 0 Å². The van der Waals surface area contributed by atoms with Gasteiger partial charge in [0.05, 0.1) is 11.1 Å². The van der Waals surface area contributed by atoms with E-state index in [-0.39, 0.29) is 5.91 Å². The summed E-state index contributed by atoms with van der Waals surface area (Å²) in [7, 11) is 0. The summed E-state index contributed by atoms with van der Waals surface area (Å²) in [5.74, 6) is -0.171. The third-order valence-corrected chi connectivity index (χ3v) is 4.36. The molecule has 0 radical (unpaired) electrons. The molecule has 1 aliphatic rings. The Hall–Kier alpha value is -2.14. The second-order valence-electron chi connectivity index (χ2n) is 4.96. The van der Waals surface area contributed by atoms with Gasteiger partial charge in [0.15, 0.2) is 0 Å². The highest BCUT2D eigenvalue weighted by Gasteiger charge is 2.11. The summed E-state index contributed by atoms with van der Waals surface area (Å²) < 4.78 is 0. The van der Waals surface area contributed by atoms with Crippen molar-refractivity contribution in [2.75, 3.05) is 18.0 Å². The second-order valence-corrected chi connectivity index (χ2v) is 5.91. The standard InChI is InChI=1S/C16H17N3OS/c20-16(15-4-3-11-21-15)18-17-12-13-5-7-14(8-6-13)19-9-1-2-10-19/h3-8,11-12H,1-2,9-10H2,(H,18,20)/b17-12-. The summed E-state index contributed by atoms with van der Waals surface area (Å²) in [6.07, 6.45) is 4.22. The molecule has 5 heteroatoms. The predicted octanol–water partition coefficient (Wildman–Crippen LogP) is 3.11. The lowest BCUT2D eigenvalue weighted by Gasteiger charge is -2.17. The fourth-order valence-corrected chi connectivity index (χ4v) is 2.99. The average molecular weight is 299 g/mol. The van der Waals surface area contributed by atoms with Crippen molar-refractivity contribution >= 4 is 29.1 Å². The lowest BCUT2D eigenvalue weighted by Crippen LogP contribution is -2.17. The van der Waals surface area contributed by atoms with Gasteiger partial charge in [-0.25, -0.2) is 5.43 Å². The molecule has 1 saturated heterocycles. The molecular formula is C16H17N3OS. The Morgan fingerprint density at radius 1 is 1.19 bits per heavy atom.